The molecule has 0 aromatic rings. The highest BCUT2D eigenvalue weighted by Crippen LogP contribution is 2.11. The molecule has 0 aromatic heterocycles. The van der Waals surface area contributed by atoms with Gasteiger partial charge in [-0.2, -0.15) is 0 Å². The van der Waals surface area contributed by atoms with Crippen molar-refractivity contribution in [1.82, 2.24) is 0 Å². The average molecular weight is 164 g/mol. The largest absolute Gasteiger partial charge is 0.396 e. The molecule has 1 saturated heterocycles. The Labute approximate surface area is 67.8 Å². The maximum absolute atomic E-state index is 12.7. The van der Waals surface area contributed by atoms with E-state index in [2.05, 4.69) is 0 Å². The molecule has 11 heavy (non-hydrogen) atoms. The minimum Gasteiger partial charge on any atom is -0.396 e. The summed E-state index contributed by atoms with van der Waals surface area (Å²) in [4.78, 5) is 0. The van der Waals surface area contributed by atoms with E-state index in [0.29, 0.717) is 6.54 Å². The van der Waals surface area contributed by atoms with Crippen LogP contribution in [0, 0.1) is 5.92 Å². The van der Waals surface area contributed by atoms with E-state index in [1.165, 1.54) is 0 Å². The third-order valence-corrected chi connectivity index (χ3v) is 1.88. The molecule has 68 valence electrons. The van der Waals surface area contributed by atoms with Crippen molar-refractivity contribution >= 4 is 0 Å². The first kappa shape index (κ1) is 10.8. The number of nitrogens with two attached hydrogens (primary N) is 1. The van der Waals surface area contributed by atoms with Gasteiger partial charge in [0.1, 0.15) is 6.54 Å². The fourth-order valence-electron chi connectivity index (χ4n) is 1.19. The molecule has 0 radical (unpaired) electrons. The molecule has 0 aliphatic carbocycles. The van der Waals surface area contributed by atoms with Crippen LogP contribution in [0.25, 0.3) is 0 Å². The molecule has 0 saturated carbocycles. The standard InChI is InChI=1S/C6H12FNO.C2H6/c7-6-3-8-2-1-5(6)4-9;1-2/h5-6,8-9H,1-4H2;1-2H3/p+1. The third-order valence-electron chi connectivity index (χ3n) is 1.88. The SMILES string of the molecule is CC.OCC1CC[NH2+]CC1F. The van der Waals surface area contributed by atoms with Crippen molar-refractivity contribution in [1.29, 1.82) is 0 Å². The van der Waals surface area contributed by atoms with Crippen LogP contribution in [0.2, 0.25) is 0 Å². The zero-order valence-electron chi connectivity index (χ0n) is 7.39. The van der Waals surface area contributed by atoms with E-state index >= 15 is 0 Å². The summed E-state index contributed by atoms with van der Waals surface area (Å²) in [5.41, 5.74) is 0. The lowest BCUT2D eigenvalue weighted by Crippen LogP contribution is -2.88. The number of hydrogen-bond donors (Lipinski definition) is 2. The highest BCUT2D eigenvalue weighted by molar-refractivity contribution is 4.69. The summed E-state index contributed by atoms with van der Waals surface area (Å²) < 4.78 is 12.7. The van der Waals surface area contributed by atoms with Crippen LogP contribution in [0.15, 0.2) is 0 Å². The smallest absolute Gasteiger partial charge is 0.154 e. The van der Waals surface area contributed by atoms with Crippen LogP contribution in [0.5, 0.6) is 0 Å². The molecule has 2 unspecified atom stereocenters. The van der Waals surface area contributed by atoms with E-state index in [9.17, 15) is 4.39 Å². The quantitative estimate of drug-likeness (QED) is 0.559. The van der Waals surface area contributed by atoms with Gasteiger partial charge in [-0.05, 0) is 0 Å². The number of piperidine rings is 1. The second-order valence-electron chi connectivity index (χ2n) is 2.56. The molecule has 2 nitrogen and oxygen atoms in total. The topological polar surface area (TPSA) is 36.8 Å². The molecule has 0 spiro atoms. The number of alkyl halides is 1. The third kappa shape index (κ3) is 3.68. The molecule has 2 atom stereocenters. The highest BCUT2D eigenvalue weighted by Gasteiger charge is 2.25. The molecule has 1 fully saturated rings. The zero-order valence-corrected chi connectivity index (χ0v) is 7.39. The van der Waals surface area contributed by atoms with E-state index < -0.39 is 6.17 Å². The molecule has 0 aromatic carbocycles. The zero-order chi connectivity index (χ0) is 8.69. The first-order valence-corrected chi connectivity index (χ1v) is 4.41. The molecule has 1 heterocycles. The molecule has 1 aliphatic rings. The number of aliphatic hydroxyl groups is 1. The second-order valence-corrected chi connectivity index (χ2v) is 2.56. The minimum atomic E-state index is -0.788. The Hall–Kier alpha value is -0.150. The van der Waals surface area contributed by atoms with Crippen LogP contribution in [0.3, 0.4) is 0 Å². The van der Waals surface area contributed by atoms with Gasteiger partial charge in [0.15, 0.2) is 6.17 Å². The molecule has 3 heteroatoms. The Balaban J connectivity index is 0.000000461. The maximum Gasteiger partial charge on any atom is 0.154 e. The molecule has 0 bridgehead atoms. The first-order chi connectivity index (χ1) is 5.34. The van der Waals surface area contributed by atoms with Gasteiger partial charge in [-0.15, -0.1) is 0 Å². The van der Waals surface area contributed by atoms with E-state index in [1.54, 1.807) is 0 Å². The summed E-state index contributed by atoms with van der Waals surface area (Å²) in [6.07, 6.45) is 0.0289. The van der Waals surface area contributed by atoms with Crippen LogP contribution >= 0.6 is 0 Å². The summed E-state index contributed by atoms with van der Waals surface area (Å²) in [5, 5.41) is 10.6. The molecular formula is C8H19FNO+. The van der Waals surface area contributed by atoms with Gasteiger partial charge in [0.25, 0.3) is 0 Å². The van der Waals surface area contributed by atoms with Crippen molar-refractivity contribution in [2.24, 2.45) is 5.92 Å². The Kier molecular flexibility index (Phi) is 6.46. The van der Waals surface area contributed by atoms with Crippen LogP contribution in [-0.2, 0) is 0 Å². The lowest BCUT2D eigenvalue weighted by atomic mass is 9.97. The summed E-state index contributed by atoms with van der Waals surface area (Å²) in [5.74, 6) is -0.0880. The van der Waals surface area contributed by atoms with Crippen molar-refractivity contribution in [3.05, 3.63) is 0 Å². The number of hydrogen-bond acceptors (Lipinski definition) is 1. The molecule has 3 N–H and O–H groups in total. The minimum absolute atomic E-state index is 0.00894. The molecule has 1 aliphatic heterocycles. The number of quaternary nitrogens is 1. The van der Waals surface area contributed by atoms with Gasteiger partial charge in [0.2, 0.25) is 0 Å². The summed E-state index contributed by atoms with van der Waals surface area (Å²) >= 11 is 0. The maximum atomic E-state index is 12.7. The van der Waals surface area contributed by atoms with Crippen LogP contribution in [0.1, 0.15) is 20.3 Å². The van der Waals surface area contributed by atoms with Gasteiger partial charge in [-0.1, -0.05) is 13.8 Å². The summed E-state index contributed by atoms with van der Waals surface area (Å²) in [6, 6.07) is 0. The Morgan fingerprint density at radius 1 is 1.55 bits per heavy atom. The van der Waals surface area contributed by atoms with E-state index in [4.69, 9.17) is 5.11 Å². The number of rotatable bonds is 1. The Morgan fingerprint density at radius 2 is 2.18 bits per heavy atom. The van der Waals surface area contributed by atoms with Crippen molar-refractivity contribution in [3.63, 3.8) is 0 Å². The second kappa shape index (κ2) is 6.55. The van der Waals surface area contributed by atoms with Gasteiger partial charge in [0.05, 0.1) is 6.54 Å². The van der Waals surface area contributed by atoms with Crippen LogP contribution in [0.4, 0.5) is 4.39 Å². The summed E-state index contributed by atoms with van der Waals surface area (Å²) in [7, 11) is 0. The predicted octanol–water partition coefficient (Wildman–Crippen LogP) is -0.0737. The normalized spacial score (nSPS) is 30.5. The first-order valence-electron chi connectivity index (χ1n) is 4.41. The monoisotopic (exact) mass is 164 g/mol. The van der Waals surface area contributed by atoms with E-state index in [0.717, 1.165) is 13.0 Å². The summed E-state index contributed by atoms with van der Waals surface area (Å²) in [6.45, 7) is 5.51. The highest BCUT2D eigenvalue weighted by atomic mass is 19.1. The Morgan fingerprint density at radius 3 is 2.55 bits per heavy atom. The molecule has 1 rings (SSSR count). The molecule has 0 amide bonds. The van der Waals surface area contributed by atoms with Crippen molar-refractivity contribution in [2.75, 3.05) is 19.7 Å². The van der Waals surface area contributed by atoms with Gasteiger partial charge >= 0.3 is 0 Å². The van der Waals surface area contributed by atoms with E-state index in [-0.39, 0.29) is 12.5 Å². The Bertz CT molecular complexity index is 90.2. The lowest BCUT2D eigenvalue weighted by molar-refractivity contribution is -0.670. The van der Waals surface area contributed by atoms with Crippen molar-refractivity contribution < 1.29 is 14.8 Å². The van der Waals surface area contributed by atoms with Gasteiger partial charge in [-0.3, -0.25) is 0 Å². The fraction of sp³-hybridized carbons (Fsp3) is 1.00. The van der Waals surface area contributed by atoms with Crippen molar-refractivity contribution in [2.45, 2.75) is 26.4 Å². The van der Waals surface area contributed by atoms with Crippen LogP contribution in [-0.4, -0.2) is 31.0 Å². The predicted molar refractivity (Wildman–Crippen MR) is 43.1 cm³/mol. The fourth-order valence-corrected chi connectivity index (χ4v) is 1.19. The van der Waals surface area contributed by atoms with E-state index in [1.807, 2.05) is 19.2 Å². The van der Waals surface area contributed by atoms with Gasteiger partial charge < -0.3 is 10.4 Å². The lowest BCUT2D eigenvalue weighted by Gasteiger charge is -2.21. The van der Waals surface area contributed by atoms with Gasteiger partial charge in [-0.25, -0.2) is 4.39 Å². The number of aliphatic hydroxyl groups excluding tert-OH is 1. The van der Waals surface area contributed by atoms with Crippen LogP contribution < -0.4 is 5.32 Å². The van der Waals surface area contributed by atoms with Crippen molar-refractivity contribution in [3.8, 4) is 0 Å². The van der Waals surface area contributed by atoms with Gasteiger partial charge in [0, 0.05) is 18.9 Å². The number of halogens is 1. The molecular weight excluding hydrogens is 145 g/mol. The average Bonchev–Trinajstić information content (AvgIpc) is 2.09.